The van der Waals surface area contributed by atoms with Gasteiger partial charge in [0, 0.05) is 36.8 Å². The van der Waals surface area contributed by atoms with E-state index in [0.717, 1.165) is 22.2 Å². The Morgan fingerprint density at radius 1 is 1.25 bits per heavy atom. The van der Waals surface area contributed by atoms with Gasteiger partial charge in [-0.2, -0.15) is 5.10 Å². The quantitative estimate of drug-likeness (QED) is 0.778. The van der Waals surface area contributed by atoms with Crippen LogP contribution in [0.25, 0.3) is 22.2 Å². The number of benzene rings is 1. The predicted octanol–water partition coefficient (Wildman–Crippen LogP) is 2.59. The Labute approximate surface area is 116 Å². The minimum Gasteiger partial charge on any atom is -0.476 e. The summed E-state index contributed by atoms with van der Waals surface area (Å²) >= 11 is 0. The van der Waals surface area contributed by atoms with Crippen LogP contribution < -0.4 is 0 Å². The molecule has 0 aliphatic carbocycles. The first-order chi connectivity index (χ1) is 9.47. The lowest BCUT2D eigenvalue weighted by Gasteiger charge is -2.00. The molecular weight excluding hydrogens is 254 g/mol. The highest BCUT2D eigenvalue weighted by molar-refractivity contribution is 5.97. The van der Waals surface area contributed by atoms with Gasteiger partial charge in [0.1, 0.15) is 0 Å². The second-order valence-electron chi connectivity index (χ2n) is 5.02. The Morgan fingerprint density at radius 2 is 2.00 bits per heavy atom. The Balaban J connectivity index is 2.27. The van der Waals surface area contributed by atoms with E-state index in [1.165, 1.54) is 5.56 Å². The number of hydrogen-bond donors (Lipinski definition) is 1. The van der Waals surface area contributed by atoms with Crippen molar-refractivity contribution >= 4 is 16.9 Å². The molecule has 0 atom stereocenters. The van der Waals surface area contributed by atoms with Gasteiger partial charge in [-0.1, -0.05) is 12.1 Å². The van der Waals surface area contributed by atoms with Crippen LogP contribution in [-0.4, -0.2) is 25.4 Å². The zero-order valence-corrected chi connectivity index (χ0v) is 11.6. The summed E-state index contributed by atoms with van der Waals surface area (Å²) in [6.45, 7) is 2.05. The molecule has 0 bridgehead atoms. The van der Waals surface area contributed by atoms with Gasteiger partial charge in [-0.25, -0.2) is 4.79 Å². The first kappa shape index (κ1) is 12.5. The van der Waals surface area contributed by atoms with Crippen molar-refractivity contribution in [3.05, 3.63) is 41.7 Å². The number of aryl methyl sites for hydroxylation is 3. The summed E-state index contributed by atoms with van der Waals surface area (Å²) in [6, 6.07) is 7.85. The molecule has 0 unspecified atom stereocenters. The van der Waals surface area contributed by atoms with E-state index >= 15 is 0 Å². The highest BCUT2D eigenvalue weighted by Gasteiger charge is 2.16. The largest absolute Gasteiger partial charge is 0.476 e. The average Bonchev–Trinajstić information content (AvgIpc) is 2.91. The minimum atomic E-state index is -1.01. The van der Waals surface area contributed by atoms with E-state index in [9.17, 15) is 4.79 Å². The zero-order valence-electron chi connectivity index (χ0n) is 11.6. The molecule has 0 aliphatic rings. The van der Waals surface area contributed by atoms with Crippen LogP contribution in [0, 0.1) is 6.92 Å². The molecule has 0 spiro atoms. The maximum absolute atomic E-state index is 11.0. The molecule has 102 valence electrons. The van der Waals surface area contributed by atoms with Gasteiger partial charge in [0.05, 0.1) is 5.69 Å². The summed E-state index contributed by atoms with van der Waals surface area (Å²) in [5, 5.41) is 14.2. The van der Waals surface area contributed by atoms with Crippen LogP contribution in [0.1, 0.15) is 16.1 Å². The van der Waals surface area contributed by atoms with E-state index in [0.29, 0.717) is 0 Å². The van der Waals surface area contributed by atoms with Gasteiger partial charge in [-0.15, -0.1) is 0 Å². The van der Waals surface area contributed by atoms with E-state index in [-0.39, 0.29) is 5.69 Å². The topological polar surface area (TPSA) is 60.0 Å². The third-order valence-electron chi connectivity index (χ3n) is 3.52. The SMILES string of the molecule is Cc1ccc2c(-c3cc(C(=O)O)nn3C)cn(C)c2c1. The fourth-order valence-electron chi connectivity index (χ4n) is 2.52. The monoisotopic (exact) mass is 269 g/mol. The summed E-state index contributed by atoms with van der Waals surface area (Å²) in [5.41, 5.74) is 4.17. The van der Waals surface area contributed by atoms with Gasteiger partial charge < -0.3 is 9.67 Å². The summed E-state index contributed by atoms with van der Waals surface area (Å²) in [4.78, 5) is 11.0. The number of nitrogens with zero attached hydrogens (tertiary/aromatic N) is 3. The number of aromatic nitrogens is 3. The van der Waals surface area contributed by atoms with E-state index < -0.39 is 5.97 Å². The molecule has 2 heterocycles. The zero-order chi connectivity index (χ0) is 14.4. The molecule has 1 N–H and O–H groups in total. The standard InChI is InChI=1S/C15H15N3O2/c1-9-4-5-10-11(8-17(2)13(10)6-9)14-7-12(15(19)20)16-18(14)3/h4-8H,1-3H3,(H,19,20). The van der Waals surface area contributed by atoms with E-state index in [2.05, 4.69) is 30.2 Å². The van der Waals surface area contributed by atoms with Gasteiger partial charge in [-0.05, 0) is 24.6 Å². The lowest BCUT2D eigenvalue weighted by molar-refractivity contribution is 0.0689. The van der Waals surface area contributed by atoms with Crippen LogP contribution in [0.4, 0.5) is 0 Å². The summed E-state index contributed by atoms with van der Waals surface area (Å²) in [5.74, 6) is -1.01. The number of carboxylic acids is 1. The van der Waals surface area contributed by atoms with Crippen molar-refractivity contribution in [1.29, 1.82) is 0 Å². The van der Waals surface area contributed by atoms with Crippen LogP contribution in [0.2, 0.25) is 0 Å². The second kappa shape index (κ2) is 4.23. The molecule has 3 aromatic rings. The third-order valence-corrected chi connectivity index (χ3v) is 3.52. The molecule has 0 amide bonds. The molecular formula is C15H15N3O2. The Hall–Kier alpha value is -2.56. The minimum absolute atomic E-state index is 0.0617. The fraction of sp³-hybridized carbons (Fsp3) is 0.200. The van der Waals surface area contributed by atoms with Crippen molar-refractivity contribution in [2.75, 3.05) is 0 Å². The van der Waals surface area contributed by atoms with E-state index in [4.69, 9.17) is 5.11 Å². The number of carbonyl (C=O) groups is 1. The first-order valence-corrected chi connectivity index (χ1v) is 6.31. The lowest BCUT2D eigenvalue weighted by Crippen LogP contribution is -1.99. The third kappa shape index (κ3) is 1.79. The fourth-order valence-corrected chi connectivity index (χ4v) is 2.52. The molecule has 0 fully saturated rings. The Kier molecular flexibility index (Phi) is 2.64. The van der Waals surface area contributed by atoms with Crippen LogP contribution in [0.5, 0.6) is 0 Å². The first-order valence-electron chi connectivity index (χ1n) is 6.31. The molecule has 0 saturated carbocycles. The van der Waals surface area contributed by atoms with Gasteiger partial charge in [-0.3, -0.25) is 4.68 Å². The van der Waals surface area contributed by atoms with Gasteiger partial charge in [0.2, 0.25) is 0 Å². The van der Waals surface area contributed by atoms with Crippen molar-refractivity contribution in [3.8, 4) is 11.3 Å². The van der Waals surface area contributed by atoms with Crippen molar-refractivity contribution in [2.24, 2.45) is 14.1 Å². The molecule has 2 aromatic heterocycles. The predicted molar refractivity (Wildman–Crippen MR) is 76.8 cm³/mol. The molecule has 5 heteroatoms. The van der Waals surface area contributed by atoms with Crippen LogP contribution in [-0.2, 0) is 14.1 Å². The molecule has 0 saturated heterocycles. The average molecular weight is 269 g/mol. The van der Waals surface area contributed by atoms with Gasteiger partial charge in [0.15, 0.2) is 5.69 Å². The number of hydrogen-bond acceptors (Lipinski definition) is 2. The number of carboxylic acid groups (broad SMARTS) is 1. The molecule has 5 nitrogen and oxygen atoms in total. The molecule has 0 radical (unpaired) electrons. The lowest BCUT2D eigenvalue weighted by atomic mass is 10.1. The maximum Gasteiger partial charge on any atom is 0.356 e. The summed E-state index contributed by atoms with van der Waals surface area (Å²) in [6.07, 6.45) is 2.01. The van der Waals surface area contributed by atoms with Gasteiger partial charge >= 0.3 is 5.97 Å². The molecule has 0 aliphatic heterocycles. The van der Waals surface area contributed by atoms with E-state index in [1.807, 2.05) is 17.8 Å². The van der Waals surface area contributed by atoms with Crippen LogP contribution >= 0.6 is 0 Å². The second-order valence-corrected chi connectivity index (χ2v) is 5.02. The number of fused-ring (bicyclic) bond motifs is 1. The van der Waals surface area contributed by atoms with Crippen molar-refractivity contribution in [2.45, 2.75) is 6.92 Å². The molecule has 1 aromatic carbocycles. The smallest absolute Gasteiger partial charge is 0.356 e. The molecule has 20 heavy (non-hydrogen) atoms. The Morgan fingerprint density at radius 3 is 2.65 bits per heavy atom. The van der Waals surface area contributed by atoms with Gasteiger partial charge in [0.25, 0.3) is 0 Å². The summed E-state index contributed by atoms with van der Waals surface area (Å²) < 4.78 is 3.66. The Bertz CT molecular complexity index is 827. The van der Waals surface area contributed by atoms with Crippen LogP contribution in [0.15, 0.2) is 30.5 Å². The molecule has 3 rings (SSSR count). The van der Waals surface area contributed by atoms with Crippen molar-refractivity contribution in [1.82, 2.24) is 14.3 Å². The van der Waals surface area contributed by atoms with Crippen LogP contribution in [0.3, 0.4) is 0 Å². The maximum atomic E-state index is 11.0. The summed E-state index contributed by atoms with van der Waals surface area (Å²) in [7, 11) is 3.74. The highest BCUT2D eigenvalue weighted by atomic mass is 16.4. The highest BCUT2D eigenvalue weighted by Crippen LogP contribution is 2.30. The number of rotatable bonds is 2. The normalized spacial score (nSPS) is 11.2. The van der Waals surface area contributed by atoms with Crippen molar-refractivity contribution in [3.63, 3.8) is 0 Å². The van der Waals surface area contributed by atoms with E-state index in [1.54, 1.807) is 17.8 Å². The number of aromatic carboxylic acids is 1. The van der Waals surface area contributed by atoms with Crippen molar-refractivity contribution < 1.29 is 9.90 Å².